The highest BCUT2D eigenvalue weighted by molar-refractivity contribution is 7.99. The van der Waals surface area contributed by atoms with Crippen molar-refractivity contribution < 1.29 is 13.6 Å². The zero-order valence-electron chi connectivity index (χ0n) is 11.1. The van der Waals surface area contributed by atoms with Crippen molar-refractivity contribution in [2.24, 2.45) is 0 Å². The molecule has 0 spiro atoms. The Morgan fingerprint density at radius 2 is 2.25 bits per heavy atom. The first-order valence-electron chi connectivity index (χ1n) is 5.87. The number of hydrogen-bond acceptors (Lipinski definition) is 5. The number of nitrogens with zero attached hydrogens (tertiary/aromatic N) is 1. The van der Waals surface area contributed by atoms with Crippen molar-refractivity contribution >= 4 is 29.0 Å². The van der Waals surface area contributed by atoms with E-state index in [1.165, 1.54) is 30.0 Å². The summed E-state index contributed by atoms with van der Waals surface area (Å²) in [5, 5.41) is 3.08. The molecule has 5 nitrogen and oxygen atoms in total. The minimum absolute atomic E-state index is 0.00518. The Morgan fingerprint density at radius 3 is 2.85 bits per heavy atom. The number of carbonyl (C=O) groups is 1. The maximum Gasteiger partial charge on any atom is 0.256 e. The molecular formula is C13H14FN3O2S. The molecule has 3 N–H and O–H groups in total. The Morgan fingerprint density at radius 1 is 1.50 bits per heavy atom. The summed E-state index contributed by atoms with van der Waals surface area (Å²) >= 11 is 1.19. The van der Waals surface area contributed by atoms with Crippen molar-refractivity contribution in [2.75, 3.05) is 16.8 Å². The highest BCUT2D eigenvalue weighted by atomic mass is 32.2. The van der Waals surface area contributed by atoms with Crippen molar-refractivity contribution in [3.8, 4) is 0 Å². The van der Waals surface area contributed by atoms with Crippen LogP contribution in [0.25, 0.3) is 0 Å². The van der Waals surface area contributed by atoms with Gasteiger partial charge in [-0.2, -0.15) is 0 Å². The zero-order chi connectivity index (χ0) is 14.7. The van der Waals surface area contributed by atoms with E-state index < -0.39 is 5.82 Å². The number of aryl methyl sites for hydroxylation is 2. The quantitative estimate of drug-likeness (QED) is 0.669. The van der Waals surface area contributed by atoms with Gasteiger partial charge in [-0.15, -0.1) is 0 Å². The largest absolute Gasteiger partial charge is 0.437 e. The number of aromatic nitrogens is 1. The first-order valence-corrected chi connectivity index (χ1v) is 6.86. The Hall–Kier alpha value is -2.02. The average Bonchev–Trinajstić information content (AvgIpc) is 2.71. The molecule has 1 amide bonds. The summed E-state index contributed by atoms with van der Waals surface area (Å²) in [5.41, 5.74) is 6.68. The van der Waals surface area contributed by atoms with E-state index >= 15 is 0 Å². The predicted octanol–water partition coefficient (Wildman–Crippen LogP) is 2.74. The van der Waals surface area contributed by atoms with Gasteiger partial charge >= 0.3 is 0 Å². The molecule has 0 saturated heterocycles. The third-order valence-corrected chi connectivity index (χ3v) is 3.44. The molecule has 0 bridgehead atoms. The first-order chi connectivity index (χ1) is 9.45. The number of benzene rings is 1. The number of anilines is 2. The molecule has 1 heterocycles. The topological polar surface area (TPSA) is 81.2 Å². The van der Waals surface area contributed by atoms with E-state index in [1.807, 2.05) is 13.8 Å². The molecule has 0 fully saturated rings. The highest BCUT2D eigenvalue weighted by Gasteiger charge is 2.10. The van der Waals surface area contributed by atoms with E-state index in [1.54, 1.807) is 0 Å². The van der Waals surface area contributed by atoms with Gasteiger partial charge in [0.05, 0.1) is 17.1 Å². The smallest absolute Gasteiger partial charge is 0.256 e. The second kappa shape index (κ2) is 5.96. The summed E-state index contributed by atoms with van der Waals surface area (Å²) in [7, 11) is 0. The number of nitrogen functional groups attached to an aromatic ring is 1. The SMILES string of the molecule is Cc1nc(SCC(=O)Nc2ccc(F)c(N)c2)oc1C. The lowest BCUT2D eigenvalue weighted by molar-refractivity contribution is -0.113. The van der Waals surface area contributed by atoms with E-state index in [2.05, 4.69) is 10.3 Å². The third-order valence-electron chi connectivity index (χ3n) is 2.62. The van der Waals surface area contributed by atoms with Crippen LogP contribution in [0.3, 0.4) is 0 Å². The number of rotatable bonds is 4. The Bertz CT molecular complexity index is 623. The third kappa shape index (κ3) is 3.51. The summed E-state index contributed by atoms with van der Waals surface area (Å²) in [6.07, 6.45) is 0. The van der Waals surface area contributed by atoms with Gasteiger partial charge in [0.1, 0.15) is 11.6 Å². The minimum atomic E-state index is -0.511. The van der Waals surface area contributed by atoms with Crippen molar-refractivity contribution in [1.29, 1.82) is 0 Å². The van der Waals surface area contributed by atoms with Gasteiger partial charge in [0.25, 0.3) is 5.22 Å². The van der Waals surface area contributed by atoms with Crippen LogP contribution in [-0.2, 0) is 4.79 Å². The Kier molecular flexibility index (Phi) is 4.29. The van der Waals surface area contributed by atoms with Crippen LogP contribution >= 0.6 is 11.8 Å². The molecule has 1 aromatic carbocycles. The van der Waals surface area contributed by atoms with Crippen LogP contribution in [-0.4, -0.2) is 16.6 Å². The Balaban J connectivity index is 1.90. The molecule has 0 atom stereocenters. The van der Waals surface area contributed by atoms with Crippen molar-refractivity contribution in [3.05, 3.63) is 35.5 Å². The number of carbonyl (C=O) groups excluding carboxylic acids is 1. The van der Waals surface area contributed by atoms with E-state index in [0.717, 1.165) is 11.5 Å². The normalized spacial score (nSPS) is 10.6. The molecule has 0 aliphatic rings. The number of thioether (sulfide) groups is 1. The van der Waals surface area contributed by atoms with E-state index in [4.69, 9.17) is 10.2 Å². The second-order valence-corrected chi connectivity index (χ2v) is 5.12. The van der Waals surface area contributed by atoms with Gasteiger partial charge in [0.2, 0.25) is 5.91 Å². The van der Waals surface area contributed by atoms with E-state index in [0.29, 0.717) is 10.9 Å². The van der Waals surface area contributed by atoms with Crippen LogP contribution in [0.1, 0.15) is 11.5 Å². The number of hydrogen-bond donors (Lipinski definition) is 2. The molecule has 106 valence electrons. The number of oxazole rings is 1. The average molecular weight is 295 g/mol. The van der Waals surface area contributed by atoms with Gasteiger partial charge in [-0.3, -0.25) is 4.79 Å². The molecule has 0 aliphatic carbocycles. The van der Waals surface area contributed by atoms with Crippen LogP contribution < -0.4 is 11.1 Å². The van der Waals surface area contributed by atoms with Gasteiger partial charge in [-0.1, -0.05) is 11.8 Å². The minimum Gasteiger partial charge on any atom is -0.437 e. The van der Waals surface area contributed by atoms with Crippen LogP contribution in [0, 0.1) is 19.7 Å². The molecule has 2 aromatic rings. The van der Waals surface area contributed by atoms with Gasteiger partial charge in [-0.05, 0) is 32.0 Å². The summed E-state index contributed by atoms with van der Waals surface area (Å²) in [6.45, 7) is 3.65. The summed E-state index contributed by atoms with van der Waals surface area (Å²) < 4.78 is 18.3. The lowest BCUT2D eigenvalue weighted by atomic mass is 10.2. The predicted molar refractivity (Wildman–Crippen MR) is 76.1 cm³/mol. The number of nitrogens with two attached hydrogens (primary N) is 1. The monoisotopic (exact) mass is 295 g/mol. The second-order valence-electron chi connectivity index (χ2n) is 4.19. The highest BCUT2D eigenvalue weighted by Crippen LogP contribution is 2.21. The molecule has 0 radical (unpaired) electrons. The first kappa shape index (κ1) is 14.4. The van der Waals surface area contributed by atoms with Gasteiger partial charge in [-0.25, -0.2) is 9.37 Å². The lowest BCUT2D eigenvalue weighted by Gasteiger charge is -2.05. The van der Waals surface area contributed by atoms with Crippen LogP contribution in [0.15, 0.2) is 27.8 Å². The summed E-state index contributed by atoms with van der Waals surface area (Å²) in [5.74, 6) is 0.133. The summed E-state index contributed by atoms with van der Waals surface area (Å²) in [4.78, 5) is 15.9. The fraction of sp³-hybridized carbons (Fsp3) is 0.231. The zero-order valence-corrected chi connectivity index (χ0v) is 11.9. The van der Waals surface area contributed by atoms with Gasteiger partial charge < -0.3 is 15.5 Å². The van der Waals surface area contributed by atoms with Crippen LogP contribution in [0.4, 0.5) is 15.8 Å². The molecule has 7 heteroatoms. The van der Waals surface area contributed by atoms with Crippen LogP contribution in [0.5, 0.6) is 0 Å². The molecule has 0 saturated carbocycles. The standard InChI is InChI=1S/C13H14FN3O2S/c1-7-8(2)19-13(16-7)20-6-12(18)17-9-3-4-10(14)11(15)5-9/h3-5H,6,15H2,1-2H3,(H,17,18). The molecular weight excluding hydrogens is 281 g/mol. The molecule has 1 aromatic heterocycles. The van der Waals surface area contributed by atoms with Crippen molar-refractivity contribution in [2.45, 2.75) is 19.1 Å². The number of nitrogens with one attached hydrogen (secondary N) is 1. The Labute approximate surface area is 119 Å². The molecule has 0 unspecified atom stereocenters. The van der Waals surface area contributed by atoms with E-state index in [9.17, 15) is 9.18 Å². The van der Waals surface area contributed by atoms with Crippen molar-refractivity contribution in [3.63, 3.8) is 0 Å². The van der Waals surface area contributed by atoms with E-state index in [-0.39, 0.29) is 17.3 Å². The van der Waals surface area contributed by atoms with Crippen LogP contribution in [0.2, 0.25) is 0 Å². The van der Waals surface area contributed by atoms with Gasteiger partial charge in [0.15, 0.2) is 0 Å². The number of amides is 1. The van der Waals surface area contributed by atoms with Gasteiger partial charge in [0, 0.05) is 5.69 Å². The summed E-state index contributed by atoms with van der Waals surface area (Å²) in [6, 6.07) is 4.03. The van der Waals surface area contributed by atoms with Crippen molar-refractivity contribution in [1.82, 2.24) is 4.98 Å². The lowest BCUT2D eigenvalue weighted by Crippen LogP contribution is -2.14. The number of halogens is 1. The molecule has 0 aliphatic heterocycles. The maximum absolute atomic E-state index is 13.0. The fourth-order valence-electron chi connectivity index (χ4n) is 1.45. The molecule has 20 heavy (non-hydrogen) atoms. The maximum atomic E-state index is 13.0. The molecule has 2 rings (SSSR count). The fourth-order valence-corrected chi connectivity index (χ4v) is 2.16.